The zero-order valence-electron chi connectivity index (χ0n) is 26.2. The summed E-state index contributed by atoms with van der Waals surface area (Å²) in [5.41, 5.74) is 7.86. The van der Waals surface area contributed by atoms with E-state index < -0.39 is 0 Å². The van der Waals surface area contributed by atoms with E-state index in [-0.39, 0.29) is 0 Å². The second-order valence-electron chi connectivity index (χ2n) is 12.1. The zero-order chi connectivity index (χ0) is 32.3. The van der Waals surface area contributed by atoms with Gasteiger partial charge < -0.3 is 4.74 Å². The first-order valence-electron chi connectivity index (χ1n) is 16.3. The lowest BCUT2D eigenvalue weighted by Gasteiger charge is -2.12. The van der Waals surface area contributed by atoms with Gasteiger partial charge in [0.2, 0.25) is 0 Å². The predicted molar refractivity (Wildman–Crippen MR) is 198 cm³/mol. The highest BCUT2D eigenvalue weighted by molar-refractivity contribution is 6.13. The Hall–Kier alpha value is -6.79. The van der Waals surface area contributed by atoms with Crippen molar-refractivity contribution in [1.29, 1.82) is 0 Å². The van der Waals surface area contributed by atoms with Crippen LogP contribution in [0.4, 0.5) is 0 Å². The van der Waals surface area contributed by atoms with E-state index in [1.807, 2.05) is 60.9 Å². The Kier molecular flexibility index (Phi) is 6.08. The molecule has 10 rings (SSSR count). The molecule has 0 aliphatic rings. The van der Waals surface area contributed by atoms with Crippen LogP contribution in [0, 0.1) is 0 Å². The number of fused-ring (bicyclic) bond motifs is 9. The highest BCUT2D eigenvalue weighted by Crippen LogP contribution is 2.40. The number of imidazole rings is 1. The molecule has 0 aliphatic heterocycles. The highest BCUT2D eigenvalue weighted by Gasteiger charge is 2.22. The van der Waals surface area contributed by atoms with E-state index >= 15 is 0 Å². The minimum Gasteiger partial charge on any atom is -0.457 e. The van der Waals surface area contributed by atoms with E-state index in [0.29, 0.717) is 0 Å². The van der Waals surface area contributed by atoms with Crippen molar-refractivity contribution in [3.63, 3.8) is 0 Å². The fourth-order valence-electron chi connectivity index (χ4n) is 7.14. The smallest absolute Gasteiger partial charge is 0.147 e. The molecule has 0 saturated carbocycles. The largest absolute Gasteiger partial charge is 0.457 e. The summed E-state index contributed by atoms with van der Waals surface area (Å²) in [4.78, 5) is 14.9. The van der Waals surface area contributed by atoms with Crippen molar-refractivity contribution in [2.24, 2.45) is 0 Å². The number of pyridine rings is 3. The number of hydrogen-bond acceptors (Lipinski definition) is 4. The zero-order valence-corrected chi connectivity index (χ0v) is 26.2. The molecule has 0 bridgehead atoms. The lowest BCUT2D eigenvalue weighted by Crippen LogP contribution is -1.97. The fraction of sp³-hybridized carbons (Fsp3) is 0. The van der Waals surface area contributed by atoms with E-state index in [1.165, 1.54) is 5.39 Å². The molecule has 5 aromatic carbocycles. The summed E-state index contributed by atoms with van der Waals surface area (Å²) in [6, 6.07) is 51.9. The fourth-order valence-corrected chi connectivity index (χ4v) is 7.14. The van der Waals surface area contributed by atoms with Crippen LogP contribution in [0.25, 0.3) is 77.6 Å². The van der Waals surface area contributed by atoms with E-state index in [2.05, 4.69) is 117 Å². The third-order valence-electron chi connectivity index (χ3n) is 9.25. The molecule has 6 heteroatoms. The van der Waals surface area contributed by atoms with Crippen LogP contribution < -0.4 is 4.74 Å². The van der Waals surface area contributed by atoms with Gasteiger partial charge in [0.05, 0.1) is 22.4 Å². The number of aromatic nitrogens is 5. The van der Waals surface area contributed by atoms with Gasteiger partial charge >= 0.3 is 0 Å². The summed E-state index contributed by atoms with van der Waals surface area (Å²) >= 11 is 0. The van der Waals surface area contributed by atoms with Crippen molar-refractivity contribution in [1.82, 2.24) is 23.9 Å². The van der Waals surface area contributed by atoms with Crippen molar-refractivity contribution in [2.45, 2.75) is 0 Å². The number of rotatable bonds is 5. The van der Waals surface area contributed by atoms with Gasteiger partial charge in [-0.2, -0.15) is 0 Å². The van der Waals surface area contributed by atoms with Crippen LogP contribution in [0.15, 0.2) is 164 Å². The first-order chi connectivity index (χ1) is 24.3. The van der Waals surface area contributed by atoms with Crippen molar-refractivity contribution in [2.75, 3.05) is 0 Å². The normalized spacial score (nSPS) is 11.7. The molecule has 10 aromatic rings. The molecule has 0 atom stereocenters. The Bertz CT molecular complexity index is 2840. The molecule has 230 valence electrons. The van der Waals surface area contributed by atoms with Crippen molar-refractivity contribution >= 4 is 49.3 Å². The molecule has 0 amide bonds. The van der Waals surface area contributed by atoms with Crippen LogP contribution >= 0.6 is 0 Å². The molecule has 0 saturated heterocycles. The summed E-state index contributed by atoms with van der Waals surface area (Å²) in [6.07, 6.45) is 3.68. The van der Waals surface area contributed by atoms with Gasteiger partial charge in [-0.1, -0.05) is 84.9 Å². The summed E-state index contributed by atoms with van der Waals surface area (Å²) in [5.74, 6) is 2.33. The van der Waals surface area contributed by atoms with E-state index in [9.17, 15) is 0 Å². The van der Waals surface area contributed by atoms with Crippen molar-refractivity contribution < 1.29 is 4.74 Å². The molecule has 0 spiro atoms. The molecule has 0 N–H and O–H groups in total. The number of benzene rings is 5. The molecule has 5 heterocycles. The van der Waals surface area contributed by atoms with Crippen LogP contribution in [0.5, 0.6) is 11.5 Å². The van der Waals surface area contributed by atoms with Crippen molar-refractivity contribution in [3.05, 3.63) is 164 Å². The minimum absolute atomic E-state index is 0.725. The minimum atomic E-state index is 0.725. The van der Waals surface area contributed by atoms with Crippen LogP contribution in [-0.2, 0) is 0 Å². The molecule has 0 radical (unpaired) electrons. The molecule has 0 aliphatic carbocycles. The molecule has 49 heavy (non-hydrogen) atoms. The van der Waals surface area contributed by atoms with Crippen molar-refractivity contribution in [3.8, 4) is 39.8 Å². The van der Waals surface area contributed by atoms with Gasteiger partial charge in [-0.3, -0.25) is 8.97 Å². The van der Waals surface area contributed by atoms with Gasteiger partial charge in [0.1, 0.15) is 28.6 Å². The third-order valence-corrected chi connectivity index (χ3v) is 9.25. The molecule has 5 aromatic heterocycles. The number of ether oxygens (including phenoxy) is 1. The SMILES string of the molecule is c1ccc(-c2nc3c4cc(Oc5ccc6c7ccccc7n(-c7ccccn7)c6c5)ccc4c4cccnc4n3c2-c2ccccc2)cc1. The Morgan fingerprint density at radius 2 is 1.12 bits per heavy atom. The maximum Gasteiger partial charge on any atom is 0.147 e. The molecule has 0 fully saturated rings. The van der Waals surface area contributed by atoms with E-state index in [1.54, 1.807) is 0 Å². The number of para-hydroxylation sites is 1. The van der Waals surface area contributed by atoms with Gasteiger partial charge in [-0.15, -0.1) is 0 Å². The summed E-state index contributed by atoms with van der Waals surface area (Å²) in [7, 11) is 0. The highest BCUT2D eigenvalue weighted by atomic mass is 16.5. The van der Waals surface area contributed by atoms with Gasteiger partial charge in [-0.05, 0) is 66.0 Å². The first-order valence-corrected chi connectivity index (χ1v) is 16.3. The predicted octanol–water partition coefficient (Wildman–Crippen LogP) is 10.7. The number of hydrogen-bond donors (Lipinski definition) is 0. The average Bonchev–Trinajstić information content (AvgIpc) is 3.73. The van der Waals surface area contributed by atoms with Crippen LogP contribution in [-0.4, -0.2) is 23.9 Å². The van der Waals surface area contributed by atoms with Gasteiger partial charge in [0.25, 0.3) is 0 Å². The first kappa shape index (κ1) is 27.3. The third kappa shape index (κ3) is 4.31. The lowest BCUT2D eigenvalue weighted by molar-refractivity contribution is 0.484. The molecular weight excluding hydrogens is 603 g/mol. The van der Waals surface area contributed by atoms with Gasteiger partial charge in [-0.25, -0.2) is 15.0 Å². The number of nitrogens with zero attached hydrogens (tertiary/aromatic N) is 5. The van der Waals surface area contributed by atoms with Crippen LogP contribution in [0.3, 0.4) is 0 Å². The van der Waals surface area contributed by atoms with Gasteiger partial charge in [0.15, 0.2) is 0 Å². The quantitative estimate of drug-likeness (QED) is 0.178. The Morgan fingerprint density at radius 1 is 0.449 bits per heavy atom. The standard InChI is InChI=1S/C43H27N5O/c1-3-12-28(13-4-1)40-41(29-14-5-2-6-15-29)48-42-35(17-11-25-45-42)32-22-20-30(26-36(32)43(48)46-40)49-31-21-23-34-33-16-7-8-18-37(33)47(38(34)27-31)39-19-9-10-24-44-39/h1-27H. The summed E-state index contributed by atoms with van der Waals surface area (Å²) in [5, 5.41) is 5.42. The van der Waals surface area contributed by atoms with Gasteiger partial charge in [0, 0.05) is 51.1 Å². The van der Waals surface area contributed by atoms with E-state index in [4.69, 9.17) is 14.7 Å². The maximum atomic E-state index is 6.66. The van der Waals surface area contributed by atoms with E-state index in [0.717, 1.165) is 83.7 Å². The average molecular weight is 630 g/mol. The summed E-state index contributed by atoms with van der Waals surface area (Å²) in [6.45, 7) is 0. The topological polar surface area (TPSA) is 57.2 Å². The van der Waals surface area contributed by atoms with Crippen LogP contribution in [0.1, 0.15) is 0 Å². The molecule has 0 unspecified atom stereocenters. The lowest BCUT2D eigenvalue weighted by atomic mass is 10.0. The second kappa shape index (κ2) is 10.9. The Balaban J connectivity index is 1.19. The van der Waals surface area contributed by atoms with Crippen LogP contribution in [0.2, 0.25) is 0 Å². The Morgan fingerprint density at radius 3 is 1.94 bits per heavy atom. The molecule has 6 nitrogen and oxygen atoms in total. The maximum absolute atomic E-state index is 6.66. The Labute approximate surface area is 281 Å². The second-order valence-corrected chi connectivity index (χ2v) is 12.1. The molecular formula is C43H27N5O. The summed E-state index contributed by atoms with van der Waals surface area (Å²) < 4.78 is 11.1. The monoisotopic (exact) mass is 629 g/mol.